The second-order valence-corrected chi connectivity index (χ2v) is 7.75. The third-order valence-electron chi connectivity index (χ3n) is 3.99. The number of hydrogen-bond acceptors (Lipinski definition) is 5. The van der Waals surface area contributed by atoms with Crippen LogP contribution in [0.4, 0.5) is 0 Å². The highest BCUT2D eigenvalue weighted by atomic mass is 127. The summed E-state index contributed by atoms with van der Waals surface area (Å²) < 4.78 is 5.90. The molecule has 0 saturated carbocycles. The van der Waals surface area contributed by atoms with Gasteiger partial charge >= 0.3 is 0 Å². The lowest BCUT2D eigenvalue weighted by Gasteiger charge is -2.34. The van der Waals surface area contributed by atoms with Crippen LogP contribution in [0.15, 0.2) is 10.4 Å². The summed E-state index contributed by atoms with van der Waals surface area (Å²) in [6.07, 6.45) is 1.20. The van der Waals surface area contributed by atoms with Gasteiger partial charge in [-0.3, -0.25) is 4.90 Å². The quantitative estimate of drug-likeness (QED) is 0.330. The number of halogens is 1. The molecule has 1 fully saturated rings. The van der Waals surface area contributed by atoms with Crippen molar-refractivity contribution in [3.8, 4) is 0 Å². The van der Waals surface area contributed by atoms with Crippen LogP contribution < -0.4 is 10.6 Å². The van der Waals surface area contributed by atoms with Gasteiger partial charge < -0.3 is 15.4 Å². The van der Waals surface area contributed by atoms with Gasteiger partial charge in [0.2, 0.25) is 0 Å². The van der Waals surface area contributed by atoms with Crippen LogP contribution in [0.5, 0.6) is 0 Å². The Morgan fingerprint density at radius 1 is 1.42 bits per heavy atom. The van der Waals surface area contributed by atoms with Gasteiger partial charge in [0.1, 0.15) is 0 Å². The van der Waals surface area contributed by atoms with Crippen LogP contribution in [0.2, 0.25) is 0 Å². The lowest BCUT2D eigenvalue weighted by atomic mass is 10.2. The van der Waals surface area contributed by atoms with E-state index >= 15 is 0 Å². The Balaban J connectivity index is 0.00000338. The summed E-state index contributed by atoms with van der Waals surface area (Å²) in [6.45, 7) is 14.9. The molecule has 2 heterocycles. The van der Waals surface area contributed by atoms with Gasteiger partial charge in [-0.1, -0.05) is 20.8 Å². The van der Waals surface area contributed by atoms with Gasteiger partial charge in [0.25, 0.3) is 0 Å². The standard InChI is InChI=1S/C18H33N5OS.HI/c1-5-17-22-15(13-25-17)9-20-18(19-6-2)21-10-16-12-23(7-8-24-16)11-14(3)4;/h13-14,16H,5-12H2,1-4H3,(H2,19,20,21);1H. The van der Waals surface area contributed by atoms with Crippen molar-refractivity contribution in [1.82, 2.24) is 20.5 Å². The van der Waals surface area contributed by atoms with Crippen LogP contribution in [-0.2, 0) is 17.7 Å². The third-order valence-corrected chi connectivity index (χ3v) is 5.03. The monoisotopic (exact) mass is 495 g/mol. The smallest absolute Gasteiger partial charge is 0.191 e. The van der Waals surface area contributed by atoms with Crippen LogP contribution in [0.3, 0.4) is 0 Å². The number of nitrogens with one attached hydrogen (secondary N) is 2. The fraction of sp³-hybridized carbons (Fsp3) is 0.778. The van der Waals surface area contributed by atoms with Crippen molar-refractivity contribution in [1.29, 1.82) is 0 Å². The van der Waals surface area contributed by atoms with Crippen molar-refractivity contribution in [3.05, 3.63) is 16.1 Å². The minimum atomic E-state index is 0. The van der Waals surface area contributed by atoms with Gasteiger partial charge in [-0.15, -0.1) is 35.3 Å². The highest BCUT2D eigenvalue weighted by Crippen LogP contribution is 2.11. The Morgan fingerprint density at radius 3 is 2.88 bits per heavy atom. The molecule has 1 saturated heterocycles. The van der Waals surface area contributed by atoms with E-state index in [4.69, 9.17) is 4.74 Å². The first-order valence-corrected chi connectivity index (χ1v) is 10.3. The lowest BCUT2D eigenvalue weighted by Crippen LogP contribution is -2.50. The SMILES string of the molecule is CCNC(=NCc1csc(CC)n1)NCC1CN(CC(C)C)CCO1.I. The van der Waals surface area contributed by atoms with Gasteiger partial charge in [-0.2, -0.15) is 0 Å². The van der Waals surface area contributed by atoms with Crippen LogP contribution >= 0.6 is 35.3 Å². The molecule has 1 atom stereocenters. The zero-order valence-electron chi connectivity index (χ0n) is 16.5. The lowest BCUT2D eigenvalue weighted by molar-refractivity contribution is -0.0284. The van der Waals surface area contributed by atoms with Crippen molar-refractivity contribution in [2.24, 2.45) is 10.9 Å². The van der Waals surface area contributed by atoms with Gasteiger partial charge in [0, 0.05) is 38.1 Å². The summed E-state index contributed by atoms with van der Waals surface area (Å²) in [4.78, 5) is 11.7. The first kappa shape index (κ1) is 23.6. The second-order valence-electron chi connectivity index (χ2n) is 6.81. The average molecular weight is 495 g/mol. The first-order valence-electron chi connectivity index (χ1n) is 9.40. The fourth-order valence-electron chi connectivity index (χ4n) is 2.88. The Morgan fingerprint density at radius 2 is 2.23 bits per heavy atom. The molecule has 0 radical (unpaired) electrons. The topological polar surface area (TPSA) is 61.8 Å². The van der Waals surface area contributed by atoms with Crippen LogP contribution in [0.1, 0.15) is 38.4 Å². The normalized spacial score (nSPS) is 18.7. The zero-order valence-corrected chi connectivity index (χ0v) is 19.6. The molecule has 8 heteroatoms. The summed E-state index contributed by atoms with van der Waals surface area (Å²) >= 11 is 1.71. The predicted octanol–water partition coefficient (Wildman–Crippen LogP) is 2.74. The van der Waals surface area contributed by atoms with Crippen molar-refractivity contribution in [2.75, 3.05) is 39.3 Å². The number of aliphatic imine (C=N–C) groups is 1. The molecular weight excluding hydrogens is 461 g/mol. The van der Waals surface area contributed by atoms with Crippen molar-refractivity contribution in [3.63, 3.8) is 0 Å². The predicted molar refractivity (Wildman–Crippen MR) is 121 cm³/mol. The molecule has 26 heavy (non-hydrogen) atoms. The largest absolute Gasteiger partial charge is 0.374 e. The molecule has 0 aliphatic carbocycles. The minimum absolute atomic E-state index is 0. The highest BCUT2D eigenvalue weighted by molar-refractivity contribution is 14.0. The molecule has 1 aromatic rings. The van der Waals surface area contributed by atoms with E-state index in [-0.39, 0.29) is 30.1 Å². The molecule has 1 aliphatic heterocycles. The minimum Gasteiger partial charge on any atom is -0.374 e. The fourth-order valence-corrected chi connectivity index (χ4v) is 3.62. The van der Waals surface area contributed by atoms with E-state index in [1.165, 1.54) is 5.01 Å². The third kappa shape index (κ3) is 8.49. The van der Waals surface area contributed by atoms with Gasteiger partial charge in [-0.05, 0) is 19.3 Å². The molecule has 2 rings (SSSR count). The van der Waals surface area contributed by atoms with E-state index in [0.717, 1.165) is 57.4 Å². The maximum absolute atomic E-state index is 5.90. The number of aromatic nitrogens is 1. The summed E-state index contributed by atoms with van der Waals surface area (Å²) in [5, 5.41) is 9.99. The Labute approximate surface area is 179 Å². The molecule has 2 N–H and O–H groups in total. The second kappa shape index (κ2) is 12.9. The van der Waals surface area contributed by atoms with Crippen LogP contribution in [0, 0.1) is 5.92 Å². The number of nitrogens with zero attached hydrogens (tertiary/aromatic N) is 3. The number of thiazole rings is 1. The Kier molecular flexibility index (Phi) is 11.7. The molecule has 0 amide bonds. The maximum Gasteiger partial charge on any atom is 0.191 e. The molecule has 0 bridgehead atoms. The van der Waals surface area contributed by atoms with Crippen molar-refractivity contribution < 1.29 is 4.74 Å². The zero-order chi connectivity index (χ0) is 18.1. The van der Waals surface area contributed by atoms with E-state index in [0.29, 0.717) is 12.5 Å². The number of ether oxygens (including phenoxy) is 1. The first-order chi connectivity index (χ1) is 12.1. The molecular formula is C18H34IN5OS. The molecule has 150 valence electrons. The molecule has 0 aromatic carbocycles. The van der Waals surface area contributed by atoms with Gasteiger partial charge in [0.15, 0.2) is 5.96 Å². The number of morpholine rings is 1. The van der Waals surface area contributed by atoms with Crippen molar-refractivity contribution in [2.45, 2.75) is 46.8 Å². The highest BCUT2D eigenvalue weighted by Gasteiger charge is 2.21. The Bertz CT molecular complexity index is 537. The average Bonchev–Trinajstić information content (AvgIpc) is 3.05. The van der Waals surface area contributed by atoms with Gasteiger partial charge in [-0.25, -0.2) is 9.98 Å². The van der Waals surface area contributed by atoms with E-state index < -0.39 is 0 Å². The summed E-state index contributed by atoms with van der Waals surface area (Å²) in [5.41, 5.74) is 1.04. The van der Waals surface area contributed by atoms with Crippen molar-refractivity contribution >= 4 is 41.3 Å². The van der Waals surface area contributed by atoms with E-state index in [1.54, 1.807) is 11.3 Å². The summed E-state index contributed by atoms with van der Waals surface area (Å²) in [5.74, 6) is 1.52. The van der Waals surface area contributed by atoms with Crippen LogP contribution in [0.25, 0.3) is 0 Å². The molecule has 1 aliphatic rings. The summed E-state index contributed by atoms with van der Waals surface area (Å²) in [6, 6.07) is 0. The number of hydrogen-bond donors (Lipinski definition) is 2. The van der Waals surface area contributed by atoms with E-state index in [2.05, 4.69) is 58.6 Å². The van der Waals surface area contributed by atoms with Gasteiger partial charge in [0.05, 0.1) is 30.0 Å². The maximum atomic E-state index is 5.90. The summed E-state index contributed by atoms with van der Waals surface area (Å²) in [7, 11) is 0. The van der Waals surface area contributed by atoms with E-state index in [1.807, 2.05) is 0 Å². The molecule has 0 spiro atoms. The van der Waals surface area contributed by atoms with E-state index in [9.17, 15) is 0 Å². The molecule has 1 unspecified atom stereocenters. The molecule has 6 nitrogen and oxygen atoms in total. The number of guanidine groups is 1. The Hall–Kier alpha value is -0.450. The van der Waals surface area contributed by atoms with Crippen LogP contribution in [-0.4, -0.2) is 61.3 Å². The number of rotatable bonds is 8. The number of aryl methyl sites for hydroxylation is 1. The molecule has 1 aromatic heterocycles.